The van der Waals surface area contributed by atoms with Crippen LogP contribution in [0.5, 0.6) is 0 Å². The van der Waals surface area contributed by atoms with Gasteiger partial charge in [-0.15, -0.1) is 11.3 Å². The average molecular weight is 441 g/mol. The topological polar surface area (TPSA) is 72.2 Å². The summed E-state index contributed by atoms with van der Waals surface area (Å²) in [4.78, 5) is 27.2. The number of benzene rings is 3. The summed E-state index contributed by atoms with van der Waals surface area (Å²) in [6.45, 7) is 1.98. The van der Waals surface area contributed by atoms with Crippen molar-refractivity contribution < 1.29 is 9.59 Å². The minimum atomic E-state index is -0.527. The molecular weight excluding hydrogens is 416 g/mol. The lowest BCUT2D eigenvalue weighted by Gasteiger charge is -2.16. The third-order valence-electron chi connectivity index (χ3n) is 5.41. The monoisotopic (exact) mass is 440 g/mol. The van der Waals surface area contributed by atoms with Gasteiger partial charge in [0.2, 0.25) is 11.8 Å². The van der Waals surface area contributed by atoms with E-state index in [1.807, 2.05) is 79.7 Å². The second kappa shape index (κ2) is 9.62. The molecule has 2 amide bonds. The van der Waals surface area contributed by atoms with E-state index in [0.717, 1.165) is 26.4 Å². The molecular formula is C27H24N2O2S. The molecule has 4 rings (SSSR count). The van der Waals surface area contributed by atoms with Crippen LogP contribution in [0, 0.1) is 0 Å². The van der Waals surface area contributed by atoms with E-state index < -0.39 is 5.91 Å². The van der Waals surface area contributed by atoms with Crippen LogP contribution in [-0.4, -0.2) is 11.8 Å². The Hall–Kier alpha value is -3.70. The van der Waals surface area contributed by atoms with Crippen molar-refractivity contribution in [1.82, 2.24) is 0 Å². The molecule has 1 atom stereocenters. The van der Waals surface area contributed by atoms with Crippen molar-refractivity contribution in [2.24, 2.45) is 5.73 Å². The zero-order chi connectivity index (χ0) is 22.5. The van der Waals surface area contributed by atoms with E-state index in [2.05, 4.69) is 17.4 Å². The predicted octanol–water partition coefficient (Wildman–Crippen LogP) is 6.31. The van der Waals surface area contributed by atoms with Gasteiger partial charge < -0.3 is 11.1 Å². The minimum absolute atomic E-state index is 0.107. The summed E-state index contributed by atoms with van der Waals surface area (Å²) in [5, 5.41) is 2.95. The maximum atomic E-state index is 12.9. The number of amides is 2. The lowest BCUT2D eigenvalue weighted by Crippen LogP contribution is -2.21. The zero-order valence-electron chi connectivity index (χ0n) is 17.7. The molecule has 160 valence electrons. The summed E-state index contributed by atoms with van der Waals surface area (Å²) < 4.78 is 0. The molecule has 3 aromatic carbocycles. The fourth-order valence-electron chi connectivity index (χ4n) is 3.77. The number of nitrogens with one attached hydrogen (secondary N) is 1. The van der Waals surface area contributed by atoms with Gasteiger partial charge in [-0.3, -0.25) is 9.59 Å². The maximum absolute atomic E-state index is 12.9. The summed E-state index contributed by atoms with van der Waals surface area (Å²) >= 11 is 1.60. The van der Waals surface area contributed by atoms with Crippen molar-refractivity contribution in [3.05, 3.63) is 102 Å². The van der Waals surface area contributed by atoms with Crippen molar-refractivity contribution in [2.45, 2.75) is 19.3 Å². The average Bonchev–Trinajstić information content (AvgIpc) is 3.31. The summed E-state index contributed by atoms with van der Waals surface area (Å²) in [5.74, 6) is -0.899. The summed E-state index contributed by atoms with van der Waals surface area (Å²) in [6.07, 6.45) is 0.675. The molecule has 3 N–H and O–H groups in total. The first kappa shape index (κ1) is 21.5. The van der Waals surface area contributed by atoms with Crippen LogP contribution >= 0.6 is 11.3 Å². The Morgan fingerprint density at radius 1 is 0.875 bits per heavy atom. The van der Waals surface area contributed by atoms with Gasteiger partial charge in [0.1, 0.15) is 0 Å². The molecule has 0 saturated heterocycles. The van der Waals surface area contributed by atoms with Crippen LogP contribution in [0.2, 0.25) is 0 Å². The van der Waals surface area contributed by atoms with Crippen LogP contribution in [0.3, 0.4) is 0 Å². The fraction of sp³-hybridized carbons (Fsp3) is 0.111. The summed E-state index contributed by atoms with van der Waals surface area (Å²) in [7, 11) is 0. The molecule has 0 aliphatic rings. The van der Waals surface area contributed by atoms with E-state index in [1.54, 1.807) is 17.4 Å². The van der Waals surface area contributed by atoms with Gasteiger partial charge >= 0.3 is 0 Å². The highest BCUT2D eigenvalue weighted by molar-refractivity contribution is 7.18. The van der Waals surface area contributed by atoms with Crippen molar-refractivity contribution in [3.8, 4) is 20.9 Å². The molecule has 0 saturated carbocycles. The first-order valence-electron chi connectivity index (χ1n) is 10.5. The standard InChI is InChI=1S/C27H24N2O2S/c1-2-21(18-9-5-3-6-10-18)27(31)29-20-13-14-22(23(17-20)26(28)30)25-16-15-24(32-25)19-11-7-4-8-12-19/h3-17,21H,2H2,1H3,(H2,28,30)(H,29,31). The van der Waals surface area contributed by atoms with Crippen LogP contribution in [0.25, 0.3) is 20.9 Å². The molecule has 0 spiro atoms. The number of carbonyl (C=O) groups is 2. The molecule has 0 bridgehead atoms. The van der Waals surface area contributed by atoms with Gasteiger partial charge in [0, 0.05) is 26.6 Å². The maximum Gasteiger partial charge on any atom is 0.249 e. The Morgan fingerprint density at radius 2 is 1.53 bits per heavy atom. The Kier molecular flexibility index (Phi) is 6.47. The predicted molar refractivity (Wildman–Crippen MR) is 132 cm³/mol. The van der Waals surface area contributed by atoms with Crippen molar-refractivity contribution >= 4 is 28.8 Å². The van der Waals surface area contributed by atoms with Crippen LogP contribution in [0.1, 0.15) is 35.2 Å². The highest BCUT2D eigenvalue weighted by Gasteiger charge is 2.20. The number of thiophene rings is 1. The van der Waals surface area contributed by atoms with Gasteiger partial charge in [-0.2, -0.15) is 0 Å². The van der Waals surface area contributed by atoms with Gasteiger partial charge in [-0.1, -0.05) is 73.7 Å². The largest absolute Gasteiger partial charge is 0.366 e. The Balaban J connectivity index is 1.61. The highest BCUT2D eigenvalue weighted by Crippen LogP contribution is 2.36. The molecule has 1 unspecified atom stereocenters. The first-order chi connectivity index (χ1) is 15.6. The van der Waals surface area contributed by atoms with Gasteiger partial charge in [-0.05, 0) is 41.8 Å². The fourth-order valence-corrected chi connectivity index (χ4v) is 4.82. The SMILES string of the molecule is CCC(C(=O)Nc1ccc(-c2ccc(-c3ccccc3)s2)c(C(N)=O)c1)c1ccccc1. The molecule has 5 heteroatoms. The van der Waals surface area contributed by atoms with Crippen molar-refractivity contribution in [3.63, 3.8) is 0 Å². The Labute approximate surface area is 191 Å². The lowest BCUT2D eigenvalue weighted by atomic mass is 9.95. The second-order valence-corrected chi connectivity index (χ2v) is 8.60. The smallest absolute Gasteiger partial charge is 0.249 e. The van der Waals surface area contributed by atoms with Gasteiger partial charge in [-0.25, -0.2) is 0 Å². The number of primary amides is 1. The Bertz CT molecular complexity index is 1230. The zero-order valence-corrected chi connectivity index (χ0v) is 18.6. The van der Waals surface area contributed by atoms with Gasteiger partial charge in [0.25, 0.3) is 0 Å². The van der Waals surface area contributed by atoms with E-state index in [-0.39, 0.29) is 11.8 Å². The first-order valence-corrected chi connectivity index (χ1v) is 11.3. The van der Waals surface area contributed by atoms with Crippen LogP contribution in [-0.2, 0) is 4.79 Å². The van der Waals surface area contributed by atoms with Crippen molar-refractivity contribution in [1.29, 1.82) is 0 Å². The van der Waals surface area contributed by atoms with Crippen molar-refractivity contribution in [2.75, 3.05) is 5.32 Å². The molecule has 0 radical (unpaired) electrons. The number of anilines is 1. The number of carbonyl (C=O) groups excluding carboxylic acids is 2. The van der Waals surface area contributed by atoms with E-state index in [9.17, 15) is 9.59 Å². The molecule has 4 nitrogen and oxygen atoms in total. The number of hydrogen-bond donors (Lipinski definition) is 2. The van der Waals surface area contributed by atoms with Crippen LogP contribution < -0.4 is 11.1 Å². The van der Waals surface area contributed by atoms with Crippen LogP contribution in [0.15, 0.2) is 91.0 Å². The highest BCUT2D eigenvalue weighted by atomic mass is 32.1. The second-order valence-electron chi connectivity index (χ2n) is 7.52. The molecule has 0 aliphatic carbocycles. The molecule has 0 fully saturated rings. The summed E-state index contributed by atoms with van der Waals surface area (Å²) in [6, 6.07) is 29.1. The quantitative estimate of drug-likeness (QED) is 0.353. The minimum Gasteiger partial charge on any atom is -0.366 e. The number of hydrogen-bond acceptors (Lipinski definition) is 3. The van der Waals surface area contributed by atoms with E-state index in [1.165, 1.54) is 0 Å². The number of nitrogens with two attached hydrogens (primary N) is 1. The normalized spacial score (nSPS) is 11.7. The van der Waals surface area contributed by atoms with Gasteiger partial charge in [0.15, 0.2) is 0 Å². The lowest BCUT2D eigenvalue weighted by molar-refractivity contribution is -0.117. The van der Waals surface area contributed by atoms with E-state index in [4.69, 9.17) is 5.73 Å². The van der Waals surface area contributed by atoms with E-state index >= 15 is 0 Å². The Morgan fingerprint density at radius 3 is 2.19 bits per heavy atom. The van der Waals surface area contributed by atoms with Gasteiger partial charge in [0.05, 0.1) is 5.92 Å². The molecule has 4 aromatic rings. The molecule has 0 aliphatic heterocycles. The third kappa shape index (κ3) is 4.63. The molecule has 1 aromatic heterocycles. The van der Waals surface area contributed by atoms with E-state index in [0.29, 0.717) is 17.7 Å². The number of rotatable bonds is 7. The molecule has 32 heavy (non-hydrogen) atoms. The van der Waals surface area contributed by atoms with Crippen LogP contribution in [0.4, 0.5) is 5.69 Å². The summed E-state index contributed by atoms with van der Waals surface area (Å²) in [5.41, 5.74) is 9.49. The third-order valence-corrected chi connectivity index (χ3v) is 6.58. The molecule has 1 heterocycles.